The van der Waals surface area contributed by atoms with E-state index in [1.165, 1.54) is 51.4 Å². The van der Waals surface area contributed by atoms with Gasteiger partial charge in [-0.1, -0.05) is 259 Å². The van der Waals surface area contributed by atoms with E-state index in [0.29, 0.717) is 25.7 Å². The highest BCUT2D eigenvalue weighted by atomic mass is 31.2. The highest BCUT2D eigenvalue weighted by Crippen LogP contribution is 2.45. The molecule has 0 heterocycles. The Kier molecular flexibility index (Phi) is 66.1. The molecule has 0 aromatic rings. The van der Waals surface area contributed by atoms with Gasteiger partial charge in [-0.05, 0) is 122 Å². The van der Waals surface area contributed by atoms with Crippen molar-refractivity contribution >= 4 is 39.5 Å². The Morgan fingerprint density at radius 3 is 0.896 bits per heavy atom. The third-order valence-corrected chi connectivity index (χ3v) is 17.1. The Balaban J connectivity index is 5.38. The van der Waals surface area contributed by atoms with E-state index in [0.717, 1.165) is 167 Å². The molecule has 0 aliphatic heterocycles. The molecule has 5 unspecified atom stereocenters. The average Bonchev–Trinajstić information content (AvgIpc) is 1.14. The van der Waals surface area contributed by atoms with Gasteiger partial charge in [0.05, 0.1) is 26.4 Å². The van der Waals surface area contributed by atoms with Gasteiger partial charge in [-0.3, -0.25) is 37.3 Å². The van der Waals surface area contributed by atoms with Gasteiger partial charge in [-0.2, -0.15) is 0 Å². The largest absolute Gasteiger partial charge is 0.472 e. The second kappa shape index (κ2) is 69.2. The summed E-state index contributed by atoms with van der Waals surface area (Å²) in [6, 6.07) is 0. The van der Waals surface area contributed by atoms with Gasteiger partial charge in [0, 0.05) is 25.7 Å². The average molecular weight is 1390 g/mol. The van der Waals surface area contributed by atoms with Crippen molar-refractivity contribution in [3.05, 3.63) is 109 Å². The second-order valence-electron chi connectivity index (χ2n) is 24.5. The van der Waals surface area contributed by atoms with Gasteiger partial charge in [0.1, 0.15) is 19.3 Å². The van der Waals surface area contributed by atoms with Crippen molar-refractivity contribution in [2.45, 2.75) is 316 Å². The number of carbonyl (C=O) groups is 4. The molecule has 552 valence electrons. The van der Waals surface area contributed by atoms with Gasteiger partial charge in [-0.15, -0.1) is 0 Å². The van der Waals surface area contributed by atoms with Crippen molar-refractivity contribution in [2.24, 2.45) is 0 Å². The number of hydrogen-bond acceptors (Lipinski definition) is 15. The number of esters is 4. The van der Waals surface area contributed by atoms with Crippen LogP contribution in [0.5, 0.6) is 0 Å². The second-order valence-corrected chi connectivity index (χ2v) is 27.4. The molecule has 0 fully saturated rings. The summed E-state index contributed by atoms with van der Waals surface area (Å²) in [4.78, 5) is 72.7. The van der Waals surface area contributed by atoms with Gasteiger partial charge in [0.15, 0.2) is 12.2 Å². The first-order valence-electron chi connectivity index (χ1n) is 37.1. The molecule has 0 bridgehead atoms. The summed E-state index contributed by atoms with van der Waals surface area (Å²) in [7, 11) is -9.96. The normalized spacial score (nSPS) is 14.6. The van der Waals surface area contributed by atoms with Crippen molar-refractivity contribution in [1.82, 2.24) is 0 Å². The van der Waals surface area contributed by atoms with Crippen LogP contribution in [0.4, 0.5) is 0 Å². The lowest BCUT2D eigenvalue weighted by Crippen LogP contribution is -2.30. The fraction of sp³-hybridized carbons (Fsp3) is 0.714. The maximum absolute atomic E-state index is 13.1. The number of phosphoric ester groups is 2. The zero-order chi connectivity index (χ0) is 70.4. The van der Waals surface area contributed by atoms with Crippen LogP contribution in [0, 0.1) is 0 Å². The quantitative estimate of drug-likeness (QED) is 0.0169. The fourth-order valence-electron chi connectivity index (χ4n) is 9.62. The molecular weight excluding hydrogens is 1260 g/mol. The highest BCUT2D eigenvalue weighted by Gasteiger charge is 2.30. The number of rotatable bonds is 69. The van der Waals surface area contributed by atoms with Crippen LogP contribution in [0.3, 0.4) is 0 Å². The third kappa shape index (κ3) is 68.3. The van der Waals surface area contributed by atoms with Gasteiger partial charge < -0.3 is 33.8 Å². The Morgan fingerprint density at radius 1 is 0.302 bits per heavy atom. The van der Waals surface area contributed by atoms with E-state index < -0.39 is 97.5 Å². The summed E-state index contributed by atoms with van der Waals surface area (Å²) in [5.41, 5.74) is 0. The zero-order valence-electron chi connectivity index (χ0n) is 60.0. The number of allylic oxidation sites excluding steroid dienone is 18. The van der Waals surface area contributed by atoms with Crippen LogP contribution in [-0.4, -0.2) is 96.7 Å². The van der Waals surface area contributed by atoms with Gasteiger partial charge >= 0.3 is 39.5 Å². The van der Waals surface area contributed by atoms with Crippen molar-refractivity contribution in [2.75, 3.05) is 39.6 Å². The minimum Gasteiger partial charge on any atom is -0.462 e. The molecule has 0 aromatic carbocycles. The predicted molar refractivity (Wildman–Crippen MR) is 390 cm³/mol. The molecule has 0 radical (unpaired) electrons. The molecule has 3 N–H and O–H groups in total. The Morgan fingerprint density at radius 2 is 0.562 bits per heavy atom. The number of aliphatic hydroxyl groups is 1. The lowest BCUT2D eigenvalue weighted by molar-refractivity contribution is -0.161. The van der Waals surface area contributed by atoms with Crippen LogP contribution in [0.2, 0.25) is 0 Å². The van der Waals surface area contributed by atoms with E-state index in [1.54, 1.807) is 0 Å². The van der Waals surface area contributed by atoms with Crippen molar-refractivity contribution in [3.63, 3.8) is 0 Å². The minimum atomic E-state index is -4.98. The number of carbonyl (C=O) groups excluding carboxylic acids is 4. The summed E-state index contributed by atoms with van der Waals surface area (Å²) < 4.78 is 68.3. The number of aliphatic hydroxyl groups excluding tert-OH is 1. The van der Waals surface area contributed by atoms with Gasteiger partial charge in [0.25, 0.3) is 0 Å². The molecule has 0 amide bonds. The van der Waals surface area contributed by atoms with Crippen LogP contribution >= 0.6 is 15.6 Å². The minimum absolute atomic E-state index is 0.0730. The van der Waals surface area contributed by atoms with Gasteiger partial charge in [0.2, 0.25) is 0 Å². The first-order valence-corrected chi connectivity index (χ1v) is 40.1. The van der Waals surface area contributed by atoms with Crippen molar-refractivity contribution < 1.29 is 80.2 Å². The summed E-state index contributed by atoms with van der Waals surface area (Å²) in [6.45, 7) is 4.50. The van der Waals surface area contributed by atoms with Crippen molar-refractivity contribution in [3.8, 4) is 0 Å². The monoisotopic (exact) mass is 1390 g/mol. The molecule has 0 aliphatic carbocycles. The van der Waals surface area contributed by atoms with E-state index in [-0.39, 0.29) is 25.7 Å². The van der Waals surface area contributed by atoms with Crippen LogP contribution < -0.4 is 0 Å². The molecule has 0 saturated carbocycles. The first-order chi connectivity index (χ1) is 46.7. The number of hydrogen-bond donors (Lipinski definition) is 3. The van der Waals surface area contributed by atoms with E-state index >= 15 is 0 Å². The van der Waals surface area contributed by atoms with Crippen LogP contribution in [0.25, 0.3) is 0 Å². The van der Waals surface area contributed by atoms with Crippen molar-refractivity contribution in [1.29, 1.82) is 0 Å². The summed E-state index contributed by atoms with van der Waals surface area (Å²) in [5, 5.41) is 10.6. The molecule has 19 heteroatoms. The summed E-state index contributed by atoms with van der Waals surface area (Å²) in [5.74, 6) is -2.25. The zero-order valence-corrected chi connectivity index (χ0v) is 61.8. The van der Waals surface area contributed by atoms with Crippen LogP contribution in [0.15, 0.2) is 109 Å². The van der Waals surface area contributed by atoms with E-state index in [9.17, 15) is 43.2 Å². The molecule has 0 aromatic heterocycles. The smallest absolute Gasteiger partial charge is 0.462 e. The summed E-state index contributed by atoms with van der Waals surface area (Å²) in [6.07, 6.45) is 72.3. The maximum Gasteiger partial charge on any atom is 0.472 e. The fourth-order valence-corrected chi connectivity index (χ4v) is 11.2. The molecule has 96 heavy (non-hydrogen) atoms. The predicted octanol–water partition coefficient (Wildman–Crippen LogP) is 21.0. The lowest BCUT2D eigenvalue weighted by atomic mass is 10.0. The standard InChI is InChI=1S/C77H132O17P2/c1-5-9-13-17-21-25-29-33-35-39-41-45-49-53-57-61-74(79)87-67-72(93-76(81)63-59-55-51-47-43-37-31-27-23-19-15-11-7-3)69-91-95(83,84)89-65-71(78)66-90-96(85,86)92-70-73(94-77(82)64-60-56-52-48-44-38-32-28-24-20-16-12-8-4)68-88-75(80)62-58-54-50-46-42-40-36-34-30-26-22-18-14-10-6-2/h9-10,13-15,19,21-22,25-27,31,33-36,42,46,71-73,78H,5-8,11-12,16-18,20,23-24,28-30,32,37-41,43-45,47-70H2,1-4H3,(H,83,84)(H,85,86)/b13-9-,14-10-,19-15-,25-21-,26-22-,31-27-,35-33-,36-34-,46-42-. The Hall–Kier alpha value is -4.28. The molecule has 0 rings (SSSR count). The molecule has 5 atom stereocenters. The lowest BCUT2D eigenvalue weighted by Gasteiger charge is -2.21. The van der Waals surface area contributed by atoms with E-state index in [2.05, 4.69) is 137 Å². The number of ether oxygens (including phenoxy) is 4. The number of phosphoric acid groups is 2. The van der Waals surface area contributed by atoms with Crippen LogP contribution in [-0.2, 0) is 65.4 Å². The molecule has 0 saturated heterocycles. The SMILES string of the molecule is CC/C=C\C/C=C\C/C=C\C/C=C\CCCCC(=O)OCC(COP(=O)(O)OCC(O)COP(=O)(O)OCC(COC(=O)CCCCCCC/C=C\C/C=C\C/C=C\CC)OC(=O)CCCCCCC/C=C\C/C=C\CCC)OC(=O)CCCCCCCCCCCCCCC. The van der Waals surface area contributed by atoms with Gasteiger partial charge in [-0.25, -0.2) is 9.13 Å². The highest BCUT2D eigenvalue weighted by molar-refractivity contribution is 7.47. The molecule has 0 spiro atoms. The topological polar surface area (TPSA) is 237 Å². The first kappa shape index (κ1) is 91.7. The molecule has 17 nitrogen and oxygen atoms in total. The van der Waals surface area contributed by atoms with Crippen LogP contribution in [0.1, 0.15) is 297 Å². The Bertz CT molecular complexity index is 2250. The summed E-state index contributed by atoms with van der Waals surface area (Å²) >= 11 is 0. The molecule has 0 aliphatic rings. The van der Waals surface area contributed by atoms with E-state index in [4.69, 9.17) is 37.0 Å². The van der Waals surface area contributed by atoms with E-state index in [1.807, 2.05) is 0 Å². The maximum atomic E-state index is 13.1. The Labute approximate surface area is 581 Å². The molecular formula is C77H132O17P2. The third-order valence-electron chi connectivity index (χ3n) is 15.2. The number of unbranched alkanes of at least 4 members (excludes halogenated alkanes) is 25.